The lowest BCUT2D eigenvalue weighted by atomic mass is 9.82. The molecule has 0 saturated heterocycles. The molecule has 106 valence electrons. The summed E-state index contributed by atoms with van der Waals surface area (Å²) < 4.78 is 6.48. The first-order chi connectivity index (χ1) is 9.76. The molecule has 1 heterocycles. The van der Waals surface area contributed by atoms with Gasteiger partial charge in [0.05, 0.1) is 0 Å². The molecule has 2 aromatic rings. The molecule has 0 amide bonds. The lowest BCUT2D eigenvalue weighted by molar-refractivity contribution is 0.275. The van der Waals surface area contributed by atoms with Gasteiger partial charge in [-0.05, 0) is 50.3 Å². The molecular weight excluding hydrogens is 318 g/mol. The van der Waals surface area contributed by atoms with Crippen LogP contribution >= 0.6 is 15.9 Å². The Balaban J connectivity index is 1.74. The maximum Gasteiger partial charge on any atom is 0.230 e. The molecule has 0 radical (unpaired) electrons. The first kappa shape index (κ1) is 13.8. The van der Waals surface area contributed by atoms with Gasteiger partial charge in [0.2, 0.25) is 11.7 Å². The first-order valence-electron chi connectivity index (χ1n) is 7.06. The molecule has 2 N–H and O–H groups in total. The van der Waals surface area contributed by atoms with E-state index in [2.05, 4.69) is 26.1 Å². The monoisotopic (exact) mass is 335 g/mol. The number of hydrogen-bond acceptors (Lipinski definition) is 4. The van der Waals surface area contributed by atoms with Crippen molar-refractivity contribution in [3.63, 3.8) is 0 Å². The summed E-state index contributed by atoms with van der Waals surface area (Å²) in [6, 6.07) is 7.95. The molecule has 0 spiro atoms. The van der Waals surface area contributed by atoms with Crippen molar-refractivity contribution >= 4 is 15.9 Å². The van der Waals surface area contributed by atoms with Crippen LogP contribution in [-0.2, 0) is 0 Å². The van der Waals surface area contributed by atoms with Gasteiger partial charge in [0, 0.05) is 16.0 Å². The number of nitrogens with two attached hydrogens (primary N) is 1. The van der Waals surface area contributed by atoms with Gasteiger partial charge in [-0.15, -0.1) is 0 Å². The van der Waals surface area contributed by atoms with Crippen LogP contribution in [0.5, 0.6) is 0 Å². The van der Waals surface area contributed by atoms with Gasteiger partial charge in [-0.3, -0.25) is 0 Å². The Morgan fingerprint density at radius 2 is 2.05 bits per heavy atom. The highest BCUT2D eigenvalue weighted by Gasteiger charge is 2.25. The summed E-state index contributed by atoms with van der Waals surface area (Å²) >= 11 is 3.46. The van der Waals surface area contributed by atoms with E-state index in [1.165, 1.54) is 0 Å². The lowest BCUT2D eigenvalue weighted by Gasteiger charge is -2.24. The van der Waals surface area contributed by atoms with E-state index in [1.54, 1.807) is 0 Å². The summed E-state index contributed by atoms with van der Waals surface area (Å²) in [6.07, 6.45) is 4.52. The maximum absolute atomic E-state index is 5.73. The Labute approximate surface area is 126 Å². The summed E-state index contributed by atoms with van der Waals surface area (Å²) in [5, 5.41) is 4.11. The zero-order valence-corrected chi connectivity index (χ0v) is 12.8. The Kier molecular flexibility index (Phi) is 4.17. The topological polar surface area (TPSA) is 64.9 Å². The van der Waals surface area contributed by atoms with Crippen molar-refractivity contribution in [1.29, 1.82) is 0 Å². The zero-order valence-electron chi connectivity index (χ0n) is 11.3. The average Bonchev–Trinajstić information content (AvgIpc) is 2.97. The summed E-state index contributed by atoms with van der Waals surface area (Å²) in [5.41, 5.74) is 6.70. The third-order valence-electron chi connectivity index (χ3n) is 4.05. The standard InChI is InChI=1S/C15H18BrN3O/c16-13-3-1-2-12(8-13)14-18-15(20-19-14)11-6-4-10(9-17)5-7-11/h1-3,8,10-11H,4-7,9,17H2. The van der Waals surface area contributed by atoms with Crippen molar-refractivity contribution in [2.75, 3.05) is 6.54 Å². The van der Waals surface area contributed by atoms with Gasteiger partial charge < -0.3 is 10.3 Å². The molecular formula is C15H18BrN3O. The minimum atomic E-state index is 0.395. The Hall–Kier alpha value is -1.20. The summed E-state index contributed by atoms with van der Waals surface area (Å²) in [5.74, 6) is 2.50. The molecule has 1 aliphatic carbocycles. The van der Waals surface area contributed by atoms with Crippen LogP contribution < -0.4 is 5.73 Å². The number of hydrogen-bond donors (Lipinski definition) is 1. The summed E-state index contributed by atoms with van der Waals surface area (Å²) in [7, 11) is 0. The molecule has 0 atom stereocenters. The first-order valence-corrected chi connectivity index (χ1v) is 7.85. The highest BCUT2D eigenvalue weighted by Crippen LogP contribution is 2.35. The number of halogens is 1. The third-order valence-corrected chi connectivity index (χ3v) is 4.55. The van der Waals surface area contributed by atoms with E-state index in [0.29, 0.717) is 17.7 Å². The van der Waals surface area contributed by atoms with Gasteiger partial charge in [0.15, 0.2) is 0 Å². The molecule has 1 fully saturated rings. The molecule has 20 heavy (non-hydrogen) atoms. The number of nitrogens with zero attached hydrogens (tertiary/aromatic N) is 2. The van der Waals surface area contributed by atoms with Crippen LogP contribution in [0.2, 0.25) is 0 Å². The maximum atomic E-state index is 5.73. The van der Waals surface area contributed by atoms with Gasteiger partial charge in [-0.1, -0.05) is 33.2 Å². The van der Waals surface area contributed by atoms with Gasteiger partial charge in [-0.25, -0.2) is 0 Å². The van der Waals surface area contributed by atoms with Crippen molar-refractivity contribution in [2.45, 2.75) is 31.6 Å². The molecule has 0 aliphatic heterocycles. The smallest absolute Gasteiger partial charge is 0.230 e. The van der Waals surface area contributed by atoms with E-state index in [0.717, 1.165) is 48.2 Å². The Bertz CT molecular complexity index is 576. The second kappa shape index (κ2) is 6.06. The van der Waals surface area contributed by atoms with Gasteiger partial charge >= 0.3 is 0 Å². The predicted molar refractivity (Wildman–Crippen MR) is 81.2 cm³/mol. The van der Waals surface area contributed by atoms with Crippen LogP contribution in [0, 0.1) is 5.92 Å². The van der Waals surface area contributed by atoms with E-state index in [-0.39, 0.29) is 0 Å². The minimum absolute atomic E-state index is 0.395. The number of benzene rings is 1. The molecule has 0 unspecified atom stereocenters. The van der Waals surface area contributed by atoms with Crippen molar-refractivity contribution in [2.24, 2.45) is 11.7 Å². The average molecular weight is 336 g/mol. The van der Waals surface area contributed by atoms with E-state index in [4.69, 9.17) is 10.3 Å². The van der Waals surface area contributed by atoms with Crippen molar-refractivity contribution in [3.05, 3.63) is 34.6 Å². The molecule has 1 aromatic heterocycles. The van der Waals surface area contributed by atoms with Crippen molar-refractivity contribution in [3.8, 4) is 11.4 Å². The number of rotatable bonds is 3. The van der Waals surface area contributed by atoms with Crippen LogP contribution in [0.3, 0.4) is 0 Å². The Morgan fingerprint density at radius 1 is 1.25 bits per heavy atom. The van der Waals surface area contributed by atoms with Gasteiger partial charge in [0.25, 0.3) is 0 Å². The van der Waals surface area contributed by atoms with Gasteiger partial charge in [-0.2, -0.15) is 4.98 Å². The van der Waals surface area contributed by atoms with E-state index in [9.17, 15) is 0 Å². The van der Waals surface area contributed by atoms with E-state index < -0.39 is 0 Å². The fraction of sp³-hybridized carbons (Fsp3) is 0.467. The van der Waals surface area contributed by atoms with Crippen LogP contribution in [0.15, 0.2) is 33.3 Å². The highest BCUT2D eigenvalue weighted by atomic mass is 79.9. The van der Waals surface area contributed by atoms with E-state index >= 15 is 0 Å². The second-order valence-corrected chi connectivity index (χ2v) is 6.34. The predicted octanol–water partition coefficient (Wildman–Crippen LogP) is 3.73. The van der Waals surface area contributed by atoms with Crippen LogP contribution in [0.25, 0.3) is 11.4 Å². The Morgan fingerprint density at radius 3 is 2.75 bits per heavy atom. The SMILES string of the molecule is NCC1CCC(c2nc(-c3cccc(Br)c3)no2)CC1. The fourth-order valence-corrected chi connectivity index (χ4v) is 3.19. The quantitative estimate of drug-likeness (QED) is 0.927. The molecule has 4 nitrogen and oxygen atoms in total. The highest BCUT2D eigenvalue weighted by molar-refractivity contribution is 9.10. The van der Waals surface area contributed by atoms with Crippen LogP contribution in [0.1, 0.15) is 37.5 Å². The molecule has 0 bridgehead atoms. The molecule has 1 aliphatic rings. The van der Waals surface area contributed by atoms with Crippen molar-refractivity contribution in [1.82, 2.24) is 10.1 Å². The van der Waals surface area contributed by atoms with Crippen LogP contribution in [0.4, 0.5) is 0 Å². The van der Waals surface area contributed by atoms with Gasteiger partial charge in [0.1, 0.15) is 0 Å². The third kappa shape index (κ3) is 2.94. The summed E-state index contributed by atoms with van der Waals surface area (Å²) in [4.78, 5) is 4.57. The van der Waals surface area contributed by atoms with Crippen LogP contribution in [-0.4, -0.2) is 16.7 Å². The number of aromatic nitrogens is 2. The zero-order chi connectivity index (χ0) is 13.9. The normalized spacial score (nSPS) is 22.9. The lowest BCUT2D eigenvalue weighted by Crippen LogP contribution is -2.20. The molecule has 1 aromatic carbocycles. The second-order valence-electron chi connectivity index (χ2n) is 5.42. The van der Waals surface area contributed by atoms with Crippen molar-refractivity contribution < 1.29 is 4.52 Å². The fourth-order valence-electron chi connectivity index (χ4n) is 2.79. The molecule has 5 heteroatoms. The largest absolute Gasteiger partial charge is 0.339 e. The van der Waals surface area contributed by atoms with E-state index in [1.807, 2.05) is 24.3 Å². The molecule has 1 saturated carbocycles. The summed E-state index contributed by atoms with van der Waals surface area (Å²) in [6.45, 7) is 0.792. The minimum Gasteiger partial charge on any atom is -0.339 e. The molecule has 3 rings (SSSR count).